The van der Waals surface area contributed by atoms with Crippen LogP contribution >= 0.6 is 0 Å². The third-order valence-electron chi connectivity index (χ3n) is 2.98. The lowest BCUT2D eigenvalue weighted by Crippen LogP contribution is -2.36. The van der Waals surface area contributed by atoms with Gasteiger partial charge < -0.3 is 9.84 Å². The van der Waals surface area contributed by atoms with Crippen LogP contribution in [0, 0.1) is 34.5 Å². The zero-order valence-corrected chi connectivity index (χ0v) is 11.5. The number of hydrogen-bond acceptors (Lipinski definition) is 3. The summed E-state index contributed by atoms with van der Waals surface area (Å²) in [7, 11) is 0. The van der Waals surface area contributed by atoms with E-state index in [1.165, 1.54) is 0 Å². The third kappa shape index (κ3) is 3.34. The molecule has 1 aromatic rings. The summed E-state index contributed by atoms with van der Waals surface area (Å²) in [4.78, 5) is 21.9. The topological polar surface area (TPSA) is 63.6 Å². The van der Waals surface area contributed by atoms with Gasteiger partial charge in [-0.1, -0.05) is 0 Å². The molecule has 0 saturated heterocycles. The van der Waals surface area contributed by atoms with Gasteiger partial charge in [0.15, 0.2) is 23.3 Å². The molecule has 0 bridgehead atoms. The molecule has 0 fully saturated rings. The lowest BCUT2D eigenvalue weighted by atomic mass is 9.84. The van der Waals surface area contributed by atoms with E-state index in [1.807, 2.05) is 0 Å². The molecule has 0 aliphatic carbocycles. The van der Waals surface area contributed by atoms with Crippen LogP contribution in [0.5, 0.6) is 0 Å². The minimum Gasteiger partial charge on any atom is -0.481 e. The number of halogens is 5. The largest absolute Gasteiger partial charge is 0.481 e. The minimum absolute atomic E-state index is 0.794. The fourth-order valence-corrected chi connectivity index (χ4v) is 1.65. The number of rotatable bonds is 5. The Balaban J connectivity index is 3.31. The van der Waals surface area contributed by atoms with Crippen molar-refractivity contribution in [1.29, 1.82) is 0 Å². The summed E-state index contributed by atoms with van der Waals surface area (Å²) < 4.78 is 70.8. The molecule has 0 heterocycles. The lowest BCUT2D eigenvalue weighted by molar-refractivity contribution is -0.156. The number of carboxylic acid groups (broad SMARTS) is 1. The quantitative estimate of drug-likeness (QED) is 0.391. The Bertz CT molecular complexity index is 602. The molecule has 0 aliphatic heterocycles. The molecule has 0 aliphatic rings. The van der Waals surface area contributed by atoms with Crippen LogP contribution in [0.4, 0.5) is 22.0 Å². The third-order valence-corrected chi connectivity index (χ3v) is 2.98. The van der Waals surface area contributed by atoms with E-state index in [0.717, 1.165) is 13.8 Å². The van der Waals surface area contributed by atoms with Crippen LogP contribution in [0.3, 0.4) is 0 Å². The maximum Gasteiger partial charge on any atom is 0.313 e. The molecule has 1 unspecified atom stereocenters. The van der Waals surface area contributed by atoms with E-state index in [4.69, 9.17) is 5.11 Å². The zero-order chi connectivity index (χ0) is 17.2. The van der Waals surface area contributed by atoms with Gasteiger partial charge in [-0.25, -0.2) is 22.0 Å². The van der Waals surface area contributed by atoms with Crippen molar-refractivity contribution in [3.63, 3.8) is 0 Å². The molecular formula is C13H11F5O4. The van der Waals surface area contributed by atoms with Crippen molar-refractivity contribution in [2.75, 3.05) is 6.61 Å². The maximum absolute atomic E-state index is 13.6. The fraction of sp³-hybridized carbons (Fsp3) is 0.385. The second kappa shape index (κ2) is 6.29. The minimum atomic E-state index is -2.34. The molecule has 1 aromatic carbocycles. The molecule has 1 N–H and O–H groups in total. The van der Waals surface area contributed by atoms with Gasteiger partial charge in [-0.2, -0.15) is 0 Å². The van der Waals surface area contributed by atoms with Crippen molar-refractivity contribution < 1.29 is 41.4 Å². The first-order valence-corrected chi connectivity index (χ1v) is 5.88. The molecule has 0 radical (unpaired) electrons. The number of carbonyl (C=O) groups is 2. The van der Waals surface area contributed by atoms with E-state index >= 15 is 0 Å². The van der Waals surface area contributed by atoms with Gasteiger partial charge in [-0.05, 0) is 13.3 Å². The van der Waals surface area contributed by atoms with Gasteiger partial charge in [0.1, 0.15) is 12.0 Å². The van der Waals surface area contributed by atoms with E-state index in [0.29, 0.717) is 0 Å². The fourth-order valence-electron chi connectivity index (χ4n) is 1.65. The van der Waals surface area contributed by atoms with Crippen LogP contribution in [0.25, 0.3) is 0 Å². The van der Waals surface area contributed by atoms with Crippen LogP contribution in [-0.4, -0.2) is 23.7 Å². The van der Waals surface area contributed by atoms with Gasteiger partial charge in [0, 0.05) is 12.5 Å². The van der Waals surface area contributed by atoms with Gasteiger partial charge in [0.25, 0.3) is 0 Å². The summed E-state index contributed by atoms with van der Waals surface area (Å²) in [6.45, 7) is 1.13. The van der Waals surface area contributed by atoms with E-state index in [9.17, 15) is 31.5 Å². The van der Waals surface area contributed by atoms with E-state index < -0.39 is 65.0 Å². The molecule has 1 rings (SSSR count). The Labute approximate surface area is 121 Å². The van der Waals surface area contributed by atoms with Gasteiger partial charge in [-0.3, -0.25) is 9.59 Å². The van der Waals surface area contributed by atoms with Gasteiger partial charge in [0.05, 0.1) is 0 Å². The number of hydrogen-bond donors (Lipinski definition) is 1. The predicted octanol–water partition coefficient (Wildman–Crippen LogP) is 2.58. The van der Waals surface area contributed by atoms with Crippen molar-refractivity contribution in [2.24, 2.45) is 5.41 Å². The Kier molecular flexibility index (Phi) is 5.10. The average molecular weight is 326 g/mol. The number of esters is 1. The molecular weight excluding hydrogens is 315 g/mol. The molecule has 22 heavy (non-hydrogen) atoms. The van der Waals surface area contributed by atoms with Crippen molar-refractivity contribution >= 4 is 11.9 Å². The molecule has 0 spiro atoms. The molecule has 4 nitrogen and oxygen atoms in total. The Morgan fingerprint density at radius 1 is 1.00 bits per heavy atom. The number of carbonyl (C=O) groups excluding carboxylic acids is 1. The summed E-state index contributed by atoms with van der Waals surface area (Å²) >= 11 is 0. The number of carboxylic acids is 1. The smallest absolute Gasteiger partial charge is 0.313 e. The highest BCUT2D eigenvalue weighted by molar-refractivity contribution is 5.75. The highest BCUT2D eigenvalue weighted by Gasteiger charge is 2.39. The average Bonchev–Trinajstić information content (AvgIpc) is 2.45. The summed E-state index contributed by atoms with van der Waals surface area (Å²) in [6.07, 6.45) is -1.05. The second-order valence-corrected chi connectivity index (χ2v) is 4.87. The Morgan fingerprint density at radius 3 is 1.77 bits per heavy atom. The monoisotopic (exact) mass is 326 g/mol. The Hall–Kier alpha value is -2.19. The second-order valence-electron chi connectivity index (χ2n) is 4.87. The van der Waals surface area contributed by atoms with E-state index in [-0.39, 0.29) is 0 Å². The first kappa shape index (κ1) is 17.9. The van der Waals surface area contributed by atoms with Crippen LogP contribution in [0.1, 0.15) is 19.4 Å². The summed E-state index contributed by atoms with van der Waals surface area (Å²) in [5, 5.41) is 9.08. The maximum atomic E-state index is 13.6. The summed E-state index contributed by atoms with van der Waals surface area (Å²) in [5.74, 6) is -13.4. The van der Waals surface area contributed by atoms with Crippen molar-refractivity contribution in [2.45, 2.75) is 20.3 Å². The molecule has 122 valence electrons. The van der Waals surface area contributed by atoms with Crippen LogP contribution in [0.2, 0.25) is 0 Å². The van der Waals surface area contributed by atoms with Crippen LogP contribution < -0.4 is 0 Å². The molecule has 9 heteroatoms. The van der Waals surface area contributed by atoms with Crippen LogP contribution in [-0.2, 0) is 20.7 Å². The van der Waals surface area contributed by atoms with Crippen molar-refractivity contribution in [3.05, 3.63) is 34.6 Å². The normalized spacial score (nSPS) is 13.6. The first-order valence-electron chi connectivity index (χ1n) is 5.88. The number of benzene rings is 1. The van der Waals surface area contributed by atoms with E-state index in [2.05, 4.69) is 4.74 Å². The molecule has 0 saturated carbocycles. The molecule has 1 atom stereocenters. The molecule has 0 amide bonds. The SMILES string of the molecule is CC(=O)OCC(C)(Cc1c(F)c(F)c(F)c(F)c1F)C(=O)O. The highest BCUT2D eigenvalue weighted by atomic mass is 19.2. The molecule has 0 aromatic heterocycles. The van der Waals surface area contributed by atoms with Crippen molar-refractivity contribution in [3.8, 4) is 0 Å². The number of ether oxygens (including phenoxy) is 1. The predicted molar refractivity (Wildman–Crippen MR) is 62.3 cm³/mol. The Morgan fingerprint density at radius 2 is 1.41 bits per heavy atom. The first-order chi connectivity index (χ1) is 10.0. The standard InChI is InChI=1S/C13H11F5O4/c1-5(19)22-4-13(2,12(20)21)3-6-7(14)9(16)11(18)10(17)8(6)15/h3-4H2,1-2H3,(H,20,21). The van der Waals surface area contributed by atoms with Crippen LogP contribution in [0.15, 0.2) is 0 Å². The summed E-state index contributed by atoms with van der Waals surface area (Å²) in [6, 6.07) is 0. The zero-order valence-electron chi connectivity index (χ0n) is 11.5. The van der Waals surface area contributed by atoms with Gasteiger partial charge in [-0.15, -0.1) is 0 Å². The van der Waals surface area contributed by atoms with Crippen molar-refractivity contribution in [1.82, 2.24) is 0 Å². The lowest BCUT2D eigenvalue weighted by Gasteiger charge is -2.24. The van der Waals surface area contributed by atoms with Gasteiger partial charge in [0.2, 0.25) is 5.82 Å². The number of aliphatic carboxylic acids is 1. The van der Waals surface area contributed by atoms with Gasteiger partial charge >= 0.3 is 11.9 Å². The highest BCUT2D eigenvalue weighted by Crippen LogP contribution is 2.30. The van der Waals surface area contributed by atoms with E-state index in [1.54, 1.807) is 0 Å². The summed E-state index contributed by atoms with van der Waals surface area (Å²) in [5.41, 5.74) is -3.35.